The largest absolute Gasteiger partial charge is 0.444 e. The second kappa shape index (κ2) is 6.46. The summed E-state index contributed by atoms with van der Waals surface area (Å²) in [5.41, 5.74) is 3.58. The molecule has 0 spiro atoms. The number of aryl methyl sites for hydroxylation is 2. The van der Waals surface area contributed by atoms with Crippen LogP contribution in [0, 0.1) is 13.8 Å². The SMILES string of the molecule is Cc1cc(C)c2sc(N3CCN(C(=O)c4ccc(Br)o4)CC3)nc2c1. The number of rotatable bonds is 2. The number of aromatic nitrogens is 1. The summed E-state index contributed by atoms with van der Waals surface area (Å²) in [6.45, 7) is 7.14. The standard InChI is InChI=1S/C18H18BrN3O2S/c1-11-9-12(2)16-13(10-11)20-18(25-16)22-7-5-21(6-8-22)17(23)14-3-4-15(19)24-14/h3-4,9-10H,5-8H2,1-2H3. The summed E-state index contributed by atoms with van der Waals surface area (Å²) in [6, 6.07) is 7.78. The molecule has 0 N–H and O–H groups in total. The van der Waals surface area contributed by atoms with Crippen LogP contribution in [0.3, 0.4) is 0 Å². The third-order valence-corrected chi connectivity index (χ3v) is 6.12. The lowest BCUT2D eigenvalue weighted by atomic mass is 10.1. The van der Waals surface area contributed by atoms with Crippen LogP contribution in [-0.2, 0) is 0 Å². The lowest BCUT2D eigenvalue weighted by molar-refractivity contribution is 0.0713. The van der Waals surface area contributed by atoms with E-state index in [0.29, 0.717) is 23.5 Å². The van der Waals surface area contributed by atoms with E-state index in [0.717, 1.165) is 23.7 Å². The predicted molar refractivity (Wildman–Crippen MR) is 104 cm³/mol. The van der Waals surface area contributed by atoms with E-state index in [4.69, 9.17) is 9.40 Å². The molecular weight excluding hydrogens is 402 g/mol. The zero-order chi connectivity index (χ0) is 17.6. The average molecular weight is 420 g/mol. The van der Waals surface area contributed by atoms with E-state index in [-0.39, 0.29) is 5.91 Å². The zero-order valence-corrected chi connectivity index (χ0v) is 16.5. The Balaban J connectivity index is 1.48. The van der Waals surface area contributed by atoms with Crippen molar-refractivity contribution in [1.29, 1.82) is 0 Å². The number of benzene rings is 1. The first kappa shape index (κ1) is 16.6. The van der Waals surface area contributed by atoms with Gasteiger partial charge in [0, 0.05) is 26.2 Å². The van der Waals surface area contributed by atoms with Gasteiger partial charge in [-0.1, -0.05) is 17.4 Å². The number of carbonyl (C=O) groups is 1. The van der Waals surface area contributed by atoms with Crippen molar-refractivity contribution in [1.82, 2.24) is 9.88 Å². The van der Waals surface area contributed by atoms with Gasteiger partial charge in [-0.15, -0.1) is 0 Å². The molecule has 3 heterocycles. The molecule has 0 radical (unpaired) electrons. The molecule has 0 unspecified atom stereocenters. The van der Waals surface area contributed by atoms with Crippen molar-refractivity contribution < 1.29 is 9.21 Å². The second-order valence-electron chi connectivity index (χ2n) is 6.31. The van der Waals surface area contributed by atoms with E-state index in [9.17, 15) is 4.79 Å². The molecule has 0 bridgehead atoms. The molecule has 4 rings (SSSR count). The molecule has 1 fully saturated rings. The fourth-order valence-electron chi connectivity index (χ4n) is 3.19. The number of fused-ring (bicyclic) bond motifs is 1. The van der Waals surface area contributed by atoms with Crippen LogP contribution in [0.2, 0.25) is 0 Å². The molecule has 7 heteroatoms. The molecule has 5 nitrogen and oxygen atoms in total. The Labute approximate surface area is 158 Å². The van der Waals surface area contributed by atoms with Crippen molar-refractivity contribution in [2.45, 2.75) is 13.8 Å². The normalized spacial score (nSPS) is 15.2. The van der Waals surface area contributed by atoms with Crippen LogP contribution in [-0.4, -0.2) is 42.0 Å². The number of thiazole rings is 1. The number of furan rings is 1. The lowest BCUT2D eigenvalue weighted by Gasteiger charge is -2.34. The van der Waals surface area contributed by atoms with Crippen molar-refractivity contribution in [3.8, 4) is 0 Å². The van der Waals surface area contributed by atoms with Gasteiger partial charge in [0.05, 0.1) is 10.2 Å². The lowest BCUT2D eigenvalue weighted by Crippen LogP contribution is -2.48. The molecule has 0 aliphatic carbocycles. The fraction of sp³-hybridized carbons (Fsp3) is 0.333. The highest BCUT2D eigenvalue weighted by molar-refractivity contribution is 9.10. The first-order chi connectivity index (χ1) is 12.0. The maximum Gasteiger partial charge on any atom is 0.289 e. The first-order valence-electron chi connectivity index (χ1n) is 8.18. The maximum atomic E-state index is 12.5. The zero-order valence-electron chi connectivity index (χ0n) is 14.1. The summed E-state index contributed by atoms with van der Waals surface area (Å²) in [5, 5.41) is 1.04. The van der Waals surface area contributed by atoms with E-state index in [1.807, 2.05) is 4.90 Å². The molecule has 130 valence electrons. The molecule has 1 aromatic carbocycles. The minimum Gasteiger partial charge on any atom is -0.444 e. The molecule has 1 aliphatic heterocycles. The molecule has 0 saturated carbocycles. The molecule has 25 heavy (non-hydrogen) atoms. The van der Waals surface area contributed by atoms with Gasteiger partial charge in [-0.05, 0) is 59.1 Å². The highest BCUT2D eigenvalue weighted by Gasteiger charge is 2.25. The van der Waals surface area contributed by atoms with Crippen molar-refractivity contribution in [3.05, 3.63) is 45.8 Å². The molecule has 0 atom stereocenters. The van der Waals surface area contributed by atoms with Gasteiger partial charge < -0.3 is 14.2 Å². The second-order valence-corrected chi connectivity index (χ2v) is 8.07. The van der Waals surface area contributed by atoms with Gasteiger partial charge in [0.25, 0.3) is 5.91 Å². The quantitative estimate of drug-likeness (QED) is 0.623. The number of carbonyl (C=O) groups excluding carboxylic acids is 1. The molecule has 1 aliphatic rings. The fourth-order valence-corrected chi connectivity index (χ4v) is 4.56. The third-order valence-electron chi connectivity index (χ3n) is 4.43. The Morgan fingerprint density at radius 2 is 1.96 bits per heavy atom. The van der Waals surface area contributed by atoms with Gasteiger partial charge in [0.2, 0.25) is 0 Å². The summed E-state index contributed by atoms with van der Waals surface area (Å²) in [6.07, 6.45) is 0. The van der Waals surface area contributed by atoms with Gasteiger partial charge in [0.1, 0.15) is 0 Å². The van der Waals surface area contributed by atoms with Gasteiger partial charge >= 0.3 is 0 Å². The van der Waals surface area contributed by atoms with Crippen molar-refractivity contribution in [2.75, 3.05) is 31.1 Å². The highest BCUT2D eigenvalue weighted by Crippen LogP contribution is 2.32. The molecule has 1 amide bonds. The molecule has 1 saturated heterocycles. The van der Waals surface area contributed by atoms with Crippen LogP contribution in [0.25, 0.3) is 10.2 Å². The Bertz CT molecular complexity index is 941. The Hall–Kier alpha value is -1.86. The highest BCUT2D eigenvalue weighted by atomic mass is 79.9. The van der Waals surface area contributed by atoms with Crippen LogP contribution in [0.1, 0.15) is 21.7 Å². The summed E-state index contributed by atoms with van der Waals surface area (Å²) in [4.78, 5) is 21.4. The molecule has 2 aromatic heterocycles. The van der Waals surface area contributed by atoms with Gasteiger partial charge in [-0.3, -0.25) is 4.79 Å². The first-order valence-corrected chi connectivity index (χ1v) is 9.79. The predicted octanol–water partition coefficient (Wildman–Crippen LogP) is 4.23. The van der Waals surface area contributed by atoms with Crippen LogP contribution < -0.4 is 4.90 Å². The number of anilines is 1. The van der Waals surface area contributed by atoms with Crippen LogP contribution >= 0.6 is 27.3 Å². The number of amides is 1. The monoisotopic (exact) mass is 419 g/mol. The van der Waals surface area contributed by atoms with Crippen molar-refractivity contribution in [3.63, 3.8) is 0 Å². The van der Waals surface area contributed by atoms with Gasteiger partial charge in [-0.2, -0.15) is 0 Å². The maximum absolute atomic E-state index is 12.5. The van der Waals surface area contributed by atoms with E-state index < -0.39 is 0 Å². The van der Waals surface area contributed by atoms with E-state index in [1.165, 1.54) is 15.8 Å². The van der Waals surface area contributed by atoms with Gasteiger partial charge in [0.15, 0.2) is 15.6 Å². The number of nitrogens with zero attached hydrogens (tertiary/aromatic N) is 3. The van der Waals surface area contributed by atoms with E-state index in [2.05, 4.69) is 46.8 Å². The van der Waals surface area contributed by atoms with Gasteiger partial charge in [-0.25, -0.2) is 4.98 Å². The number of hydrogen-bond donors (Lipinski definition) is 0. The van der Waals surface area contributed by atoms with Crippen molar-refractivity contribution >= 4 is 48.5 Å². The summed E-state index contributed by atoms with van der Waals surface area (Å²) in [5.74, 6) is 0.326. The van der Waals surface area contributed by atoms with Crippen LogP contribution in [0.5, 0.6) is 0 Å². The molecular formula is C18H18BrN3O2S. The summed E-state index contributed by atoms with van der Waals surface area (Å²) < 4.78 is 7.20. The topological polar surface area (TPSA) is 49.6 Å². The number of hydrogen-bond acceptors (Lipinski definition) is 5. The molecule has 3 aromatic rings. The smallest absolute Gasteiger partial charge is 0.289 e. The van der Waals surface area contributed by atoms with Crippen LogP contribution in [0.4, 0.5) is 5.13 Å². The minimum atomic E-state index is -0.0545. The minimum absolute atomic E-state index is 0.0545. The van der Waals surface area contributed by atoms with E-state index in [1.54, 1.807) is 23.5 Å². The third kappa shape index (κ3) is 3.18. The average Bonchev–Trinajstić information content (AvgIpc) is 3.21. The number of halogens is 1. The summed E-state index contributed by atoms with van der Waals surface area (Å²) >= 11 is 4.97. The number of piperazine rings is 1. The van der Waals surface area contributed by atoms with E-state index >= 15 is 0 Å². The Morgan fingerprint density at radius 1 is 1.20 bits per heavy atom. The van der Waals surface area contributed by atoms with Crippen LogP contribution in [0.15, 0.2) is 33.4 Å². The van der Waals surface area contributed by atoms with Crippen molar-refractivity contribution in [2.24, 2.45) is 0 Å². The Morgan fingerprint density at radius 3 is 2.64 bits per heavy atom. The Kier molecular flexibility index (Phi) is 4.29. The summed E-state index contributed by atoms with van der Waals surface area (Å²) in [7, 11) is 0.